The minimum atomic E-state index is -0.710. The molecule has 12 heavy (non-hydrogen) atoms. The number of hydrogen-bond acceptors (Lipinski definition) is 1. The quantitative estimate of drug-likeness (QED) is 0.690. The summed E-state index contributed by atoms with van der Waals surface area (Å²) in [6.45, 7) is 10.3. The van der Waals surface area contributed by atoms with Crippen molar-refractivity contribution >= 4 is 5.97 Å². The fourth-order valence-corrected chi connectivity index (χ4v) is 1.22. The summed E-state index contributed by atoms with van der Waals surface area (Å²) in [6.07, 6.45) is 1.00. The number of carbonyl (C=O) groups is 1. The fraction of sp³-hybridized carbons (Fsp3) is 0.800. The van der Waals surface area contributed by atoms with Crippen LogP contribution in [0.5, 0.6) is 0 Å². The van der Waals surface area contributed by atoms with E-state index in [9.17, 15) is 4.79 Å². The van der Waals surface area contributed by atoms with Crippen molar-refractivity contribution in [3.05, 3.63) is 6.92 Å². The van der Waals surface area contributed by atoms with Gasteiger partial charge < -0.3 is 5.11 Å². The van der Waals surface area contributed by atoms with Gasteiger partial charge in [-0.25, -0.2) is 0 Å². The Morgan fingerprint density at radius 1 is 1.42 bits per heavy atom. The molecule has 2 atom stereocenters. The van der Waals surface area contributed by atoms with Crippen LogP contribution < -0.4 is 0 Å². The van der Waals surface area contributed by atoms with Gasteiger partial charge in [0.2, 0.25) is 0 Å². The molecule has 0 spiro atoms. The van der Waals surface area contributed by atoms with Crippen LogP contribution >= 0.6 is 0 Å². The van der Waals surface area contributed by atoms with Gasteiger partial charge in [-0.05, 0) is 31.1 Å². The third kappa shape index (κ3) is 4.37. The lowest BCUT2D eigenvalue weighted by Crippen LogP contribution is -2.15. The van der Waals surface area contributed by atoms with E-state index in [0.717, 1.165) is 6.42 Å². The lowest BCUT2D eigenvalue weighted by atomic mass is 9.83. The number of carboxylic acids is 1. The molecule has 0 aromatic carbocycles. The molecule has 0 aromatic rings. The van der Waals surface area contributed by atoms with Crippen molar-refractivity contribution in [1.82, 2.24) is 0 Å². The predicted molar refractivity (Wildman–Crippen MR) is 49.7 cm³/mol. The van der Waals surface area contributed by atoms with Crippen LogP contribution in [0.25, 0.3) is 0 Å². The summed E-state index contributed by atoms with van der Waals surface area (Å²) in [6, 6.07) is 0. The van der Waals surface area contributed by atoms with Gasteiger partial charge in [-0.15, -0.1) is 0 Å². The van der Waals surface area contributed by atoms with E-state index in [2.05, 4.69) is 27.7 Å². The maximum Gasteiger partial charge on any atom is 0.303 e. The Balaban J connectivity index is 3.71. The van der Waals surface area contributed by atoms with E-state index >= 15 is 0 Å². The first kappa shape index (κ1) is 11.5. The lowest BCUT2D eigenvalue weighted by Gasteiger charge is -2.22. The molecule has 1 N–H and O–H groups in total. The maximum atomic E-state index is 10.3. The van der Waals surface area contributed by atoms with Crippen molar-refractivity contribution in [3.63, 3.8) is 0 Å². The first-order valence-electron chi connectivity index (χ1n) is 4.50. The van der Waals surface area contributed by atoms with Gasteiger partial charge in [0.15, 0.2) is 0 Å². The van der Waals surface area contributed by atoms with Crippen molar-refractivity contribution in [2.75, 3.05) is 0 Å². The van der Waals surface area contributed by atoms with Gasteiger partial charge >= 0.3 is 5.97 Å². The van der Waals surface area contributed by atoms with Crippen LogP contribution in [0.15, 0.2) is 0 Å². The minimum absolute atomic E-state index is 0.264. The van der Waals surface area contributed by atoms with Gasteiger partial charge in [-0.2, -0.15) is 0 Å². The van der Waals surface area contributed by atoms with E-state index < -0.39 is 5.97 Å². The van der Waals surface area contributed by atoms with Crippen LogP contribution in [0.3, 0.4) is 0 Å². The van der Waals surface area contributed by atoms with Crippen molar-refractivity contribution < 1.29 is 9.90 Å². The Bertz CT molecular complexity index is 141. The molecule has 0 aliphatic heterocycles. The molecule has 0 aliphatic carbocycles. The Labute approximate surface area is 75.0 Å². The molecule has 0 aromatic heterocycles. The minimum Gasteiger partial charge on any atom is -0.481 e. The number of hydrogen-bond donors (Lipinski definition) is 1. The topological polar surface area (TPSA) is 37.3 Å². The third-order valence-corrected chi connectivity index (χ3v) is 2.40. The lowest BCUT2D eigenvalue weighted by molar-refractivity contribution is -0.137. The van der Waals surface area contributed by atoms with Crippen molar-refractivity contribution in [3.8, 4) is 0 Å². The van der Waals surface area contributed by atoms with Crippen molar-refractivity contribution in [1.29, 1.82) is 0 Å². The Morgan fingerprint density at radius 2 is 1.92 bits per heavy atom. The van der Waals surface area contributed by atoms with Crippen LogP contribution in [0.4, 0.5) is 0 Å². The van der Waals surface area contributed by atoms with E-state index in [-0.39, 0.29) is 6.42 Å². The summed E-state index contributed by atoms with van der Waals surface area (Å²) in [4.78, 5) is 10.3. The largest absolute Gasteiger partial charge is 0.481 e. The Hall–Kier alpha value is -0.530. The zero-order chi connectivity index (χ0) is 9.72. The van der Waals surface area contributed by atoms with Crippen molar-refractivity contribution in [2.45, 2.75) is 33.6 Å². The molecule has 1 radical (unpaired) electrons. The summed E-state index contributed by atoms with van der Waals surface area (Å²) in [7, 11) is 0. The highest BCUT2D eigenvalue weighted by atomic mass is 16.4. The van der Waals surface area contributed by atoms with Gasteiger partial charge in [-0.3, -0.25) is 4.79 Å². The molecular weight excluding hydrogens is 152 g/mol. The SMILES string of the molecule is [CH2]C(C(C)C)C(C)CCC(=O)O. The average Bonchev–Trinajstić information content (AvgIpc) is 1.98. The summed E-state index contributed by atoms with van der Waals surface area (Å²) in [5.74, 6) is 0.594. The van der Waals surface area contributed by atoms with E-state index in [1.165, 1.54) is 0 Å². The van der Waals surface area contributed by atoms with E-state index in [1.54, 1.807) is 0 Å². The molecule has 0 fully saturated rings. The summed E-state index contributed by atoms with van der Waals surface area (Å²) in [5, 5.41) is 8.46. The molecule has 0 amide bonds. The first-order valence-corrected chi connectivity index (χ1v) is 4.50. The van der Waals surface area contributed by atoms with Gasteiger partial charge in [0, 0.05) is 6.42 Å². The molecule has 0 saturated carbocycles. The zero-order valence-corrected chi connectivity index (χ0v) is 8.21. The highest BCUT2D eigenvalue weighted by molar-refractivity contribution is 5.66. The Morgan fingerprint density at radius 3 is 2.25 bits per heavy atom. The fourth-order valence-electron chi connectivity index (χ4n) is 1.22. The second-order valence-corrected chi connectivity index (χ2v) is 3.82. The predicted octanol–water partition coefficient (Wildman–Crippen LogP) is 2.59. The highest BCUT2D eigenvalue weighted by Crippen LogP contribution is 2.23. The second-order valence-electron chi connectivity index (χ2n) is 3.82. The summed E-state index contributed by atoms with van der Waals surface area (Å²) < 4.78 is 0. The standard InChI is InChI=1S/C10H19O2/c1-7(2)9(4)8(3)5-6-10(11)12/h7-9H,4-6H2,1-3H3,(H,11,12). The molecule has 71 valence electrons. The Kier molecular flexibility index (Phi) is 4.95. The smallest absolute Gasteiger partial charge is 0.303 e. The highest BCUT2D eigenvalue weighted by Gasteiger charge is 2.16. The molecule has 0 heterocycles. The molecule has 0 bridgehead atoms. The van der Waals surface area contributed by atoms with Crippen LogP contribution in [-0.2, 0) is 4.79 Å². The van der Waals surface area contributed by atoms with Crippen LogP contribution in [0.2, 0.25) is 0 Å². The molecule has 2 unspecified atom stereocenters. The van der Waals surface area contributed by atoms with E-state index in [1.807, 2.05) is 0 Å². The molecule has 2 heteroatoms. The van der Waals surface area contributed by atoms with Crippen LogP contribution in [0.1, 0.15) is 33.6 Å². The van der Waals surface area contributed by atoms with Crippen molar-refractivity contribution in [2.24, 2.45) is 17.8 Å². The van der Waals surface area contributed by atoms with E-state index in [0.29, 0.717) is 17.8 Å². The normalized spacial score (nSPS) is 16.1. The average molecular weight is 171 g/mol. The van der Waals surface area contributed by atoms with Gasteiger partial charge in [0.25, 0.3) is 0 Å². The number of rotatable bonds is 5. The second kappa shape index (κ2) is 5.18. The summed E-state index contributed by atoms with van der Waals surface area (Å²) >= 11 is 0. The van der Waals surface area contributed by atoms with E-state index in [4.69, 9.17) is 5.11 Å². The first-order chi connectivity index (χ1) is 5.45. The maximum absolute atomic E-state index is 10.3. The monoisotopic (exact) mass is 171 g/mol. The zero-order valence-electron chi connectivity index (χ0n) is 8.21. The summed E-state index contributed by atoms with van der Waals surface area (Å²) in [5.41, 5.74) is 0. The number of aliphatic carboxylic acids is 1. The molecule has 0 saturated heterocycles. The molecule has 0 aliphatic rings. The number of carboxylic acid groups (broad SMARTS) is 1. The van der Waals surface area contributed by atoms with Crippen LogP contribution in [-0.4, -0.2) is 11.1 Å². The molecular formula is C10H19O2. The molecule has 0 rings (SSSR count). The molecule has 2 nitrogen and oxygen atoms in total. The van der Waals surface area contributed by atoms with Gasteiger partial charge in [-0.1, -0.05) is 20.8 Å². The third-order valence-electron chi connectivity index (χ3n) is 2.40. The van der Waals surface area contributed by atoms with Gasteiger partial charge in [0.05, 0.1) is 0 Å². The van der Waals surface area contributed by atoms with Crippen LogP contribution in [0, 0.1) is 24.7 Å². The van der Waals surface area contributed by atoms with Gasteiger partial charge in [0.1, 0.15) is 0 Å².